The van der Waals surface area contributed by atoms with Gasteiger partial charge in [-0.05, 0) is 38.5 Å². The highest BCUT2D eigenvalue weighted by atomic mass is 16.5. The van der Waals surface area contributed by atoms with Gasteiger partial charge in [0.2, 0.25) is 0 Å². The Hall–Kier alpha value is -2.70. The molecule has 0 aliphatic rings. The summed E-state index contributed by atoms with van der Waals surface area (Å²) in [6.45, 7) is 6.17. The molecular formula is C17H22N4O3. The largest absolute Gasteiger partial charge is 0.452 e. The van der Waals surface area contributed by atoms with Crippen molar-refractivity contribution in [1.82, 2.24) is 20.1 Å². The summed E-state index contributed by atoms with van der Waals surface area (Å²) in [5, 5.41) is 7.02. The van der Waals surface area contributed by atoms with Gasteiger partial charge >= 0.3 is 5.97 Å². The Morgan fingerprint density at radius 3 is 2.67 bits per heavy atom. The zero-order valence-electron chi connectivity index (χ0n) is 14.2. The molecule has 1 N–H and O–H groups in total. The van der Waals surface area contributed by atoms with Crippen LogP contribution in [-0.4, -0.2) is 39.8 Å². The number of nitrogens with one attached hydrogen (secondary N) is 1. The van der Waals surface area contributed by atoms with E-state index in [4.69, 9.17) is 4.74 Å². The van der Waals surface area contributed by atoms with Crippen molar-refractivity contribution < 1.29 is 14.3 Å². The number of aromatic nitrogens is 3. The number of pyridine rings is 1. The third-order valence-corrected chi connectivity index (χ3v) is 3.40. The predicted molar refractivity (Wildman–Crippen MR) is 89.0 cm³/mol. The highest BCUT2D eigenvalue weighted by Gasteiger charge is 2.12. The number of carbonyl (C=O) groups excluding carboxylic acids is 2. The number of unbranched alkanes of at least 4 members (excludes halogenated alkanes) is 1. The molecule has 0 bridgehead atoms. The van der Waals surface area contributed by atoms with E-state index in [2.05, 4.69) is 15.4 Å². The zero-order valence-corrected chi connectivity index (χ0v) is 14.2. The van der Waals surface area contributed by atoms with Crippen LogP contribution in [-0.2, 0) is 9.53 Å². The third-order valence-electron chi connectivity index (χ3n) is 3.40. The van der Waals surface area contributed by atoms with Crippen LogP contribution in [0.15, 0.2) is 24.4 Å². The number of nitrogens with zero attached hydrogens (tertiary/aromatic N) is 3. The Labute approximate surface area is 141 Å². The van der Waals surface area contributed by atoms with Crippen molar-refractivity contribution in [1.29, 1.82) is 0 Å². The van der Waals surface area contributed by atoms with E-state index in [0.29, 0.717) is 17.9 Å². The van der Waals surface area contributed by atoms with Gasteiger partial charge in [-0.2, -0.15) is 5.10 Å². The molecule has 1 amide bonds. The summed E-state index contributed by atoms with van der Waals surface area (Å²) in [4.78, 5) is 27.7. The van der Waals surface area contributed by atoms with Crippen LogP contribution in [0.4, 0.5) is 0 Å². The summed E-state index contributed by atoms with van der Waals surface area (Å²) >= 11 is 0. The fourth-order valence-electron chi connectivity index (χ4n) is 2.16. The molecule has 7 heteroatoms. The minimum Gasteiger partial charge on any atom is -0.452 e. The number of hydrogen-bond acceptors (Lipinski definition) is 5. The van der Waals surface area contributed by atoms with E-state index in [-0.39, 0.29) is 12.5 Å². The van der Waals surface area contributed by atoms with Crippen LogP contribution in [0.3, 0.4) is 0 Å². The van der Waals surface area contributed by atoms with Crippen LogP contribution in [0, 0.1) is 13.8 Å². The molecule has 2 heterocycles. The number of amides is 1. The van der Waals surface area contributed by atoms with Gasteiger partial charge in [-0.1, -0.05) is 13.3 Å². The number of hydrogen-bond donors (Lipinski definition) is 1. The van der Waals surface area contributed by atoms with Crippen molar-refractivity contribution in [2.75, 3.05) is 13.2 Å². The van der Waals surface area contributed by atoms with E-state index in [0.717, 1.165) is 24.2 Å². The van der Waals surface area contributed by atoms with Gasteiger partial charge in [-0.15, -0.1) is 0 Å². The highest BCUT2D eigenvalue weighted by molar-refractivity contribution is 5.91. The van der Waals surface area contributed by atoms with Gasteiger partial charge in [0.15, 0.2) is 12.4 Å². The topological polar surface area (TPSA) is 86.1 Å². The Bertz CT molecular complexity index is 707. The molecule has 0 fully saturated rings. The first-order chi connectivity index (χ1) is 11.5. The molecule has 0 saturated carbocycles. The number of ether oxygens (including phenoxy) is 1. The first-order valence-corrected chi connectivity index (χ1v) is 7.94. The third kappa shape index (κ3) is 4.65. The fraction of sp³-hybridized carbons (Fsp3) is 0.412. The van der Waals surface area contributed by atoms with Gasteiger partial charge in [0, 0.05) is 18.4 Å². The maximum absolute atomic E-state index is 11.9. The number of carbonyl (C=O) groups is 2. The molecule has 0 saturated heterocycles. The molecule has 24 heavy (non-hydrogen) atoms. The molecule has 0 atom stereocenters. The molecule has 128 valence electrons. The van der Waals surface area contributed by atoms with Crippen LogP contribution in [0.1, 0.15) is 41.5 Å². The van der Waals surface area contributed by atoms with Gasteiger partial charge in [-0.25, -0.2) is 14.5 Å². The van der Waals surface area contributed by atoms with E-state index < -0.39 is 5.97 Å². The Morgan fingerprint density at radius 1 is 1.29 bits per heavy atom. The van der Waals surface area contributed by atoms with Crippen LogP contribution < -0.4 is 5.32 Å². The first-order valence-electron chi connectivity index (χ1n) is 7.94. The van der Waals surface area contributed by atoms with Gasteiger partial charge < -0.3 is 10.1 Å². The van der Waals surface area contributed by atoms with Gasteiger partial charge in [-0.3, -0.25) is 4.79 Å². The van der Waals surface area contributed by atoms with Gasteiger partial charge in [0.25, 0.3) is 5.91 Å². The van der Waals surface area contributed by atoms with Crippen molar-refractivity contribution >= 4 is 11.9 Å². The first kappa shape index (κ1) is 17.7. The summed E-state index contributed by atoms with van der Waals surface area (Å²) < 4.78 is 6.68. The molecule has 2 aromatic heterocycles. The van der Waals surface area contributed by atoms with E-state index in [1.165, 1.54) is 6.20 Å². The second-order valence-electron chi connectivity index (χ2n) is 5.52. The number of esters is 1. The minimum absolute atomic E-state index is 0.290. The van der Waals surface area contributed by atoms with Crippen LogP contribution in [0.25, 0.3) is 5.82 Å². The molecular weight excluding hydrogens is 308 g/mol. The number of rotatable bonds is 7. The lowest BCUT2D eigenvalue weighted by Crippen LogP contribution is -2.29. The number of aryl methyl sites for hydroxylation is 2. The molecule has 7 nitrogen and oxygen atoms in total. The molecule has 0 aliphatic carbocycles. The predicted octanol–water partition coefficient (Wildman–Crippen LogP) is 1.96. The minimum atomic E-state index is -0.576. The standard InChI is InChI=1S/C17H22N4O3/c1-4-5-8-18-16(22)11-24-17(23)14-6-7-15(19-10-14)21-13(3)9-12(2)20-21/h6-7,9-10H,4-5,8,11H2,1-3H3,(H,18,22). The van der Waals surface area contributed by atoms with Crippen molar-refractivity contribution in [2.24, 2.45) is 0 Å². The molecule has 0 aliphatic heterocycles. The summed E-state index contributed by atoms with van der Waals surface area (Å²) in [7, 11) is 0. The average molecular weight is 330 g/mol. The van der Waals surface area contributed by atoms with Gasteiger partial charge in [0.05, 0.1) is 11.3 Å². The van der Waals surface area contributed by atoms with Crippen molar-refractivity contribution in [3.05, 3.63) is 41.3 Å². The summed E-state index contributed by atoms with van der Waals surface area (Å²) in [6, 6.07) is 5.24. The van der Waals surface area contributed by atoms with Crippen LogP contribution in [0.2, 0.25) is 0 Å². The lowest BCUT2D eigenvalue weighted by Gasteiger charge is -2.07. The lowest BCUT2D eigenvalue weighted by molar-refractivity contribution is -0.124. The molecule has 2 aromatic rings. The monoisotopic (exact) mass is 330 g/mol. The zero-order chi connectivity index (χ0) is 17.5. The summed E-state index contributed by atoms with van der Waals surface area (Å²) in [6.07, 6.45) is 3.31. The highest BCUT2D eigenvalue weighted by Crippen LogP contribution is 2.10. The van der Waals surface area contributed by atoms with Crippen molar-refractivity contribution in [3.8, 4) is 5.82 Å². The second kappa shape index (κ2) is 8.24. The molecule has 0 spiro atoms. The maximum atomic E-state index is 11.9. The Morgan fingerprint density at radius 2 is 2.08 bits per heavy atom. The molecule has 0 aromatic carbocycles. The van der Waals surface area contributed by atoms with E-state index in [1.54, 1.807) is 16.8 Å². The van der Waals surface area contributed by atoms with E-state index >= 15 is 0 Å². The quantitative estimate of drug-likeness (QED) is 0.619. The molecule has 0 radical (unpaired) electrons. The molecule has 0 unspecified atom stereocenters. The van der Waals surface area contributed by atoms with Crippen molar-refractivity contribution in [3.63, 3.8) is 0 Å². The van der Waals surface area contributed by atoms with Crippen LogP contribution in [0.5, 0.6) is 0 Å². The van der Waals surface area contributed by atoms with Crippen LogP contribution >= 0.6 is 0 Å². The SMILES string of the molecule is CCCCNC(=O)COC(=O)c1ccc(-n2nc(C)cc2C)nc1. The van der Waals surface area contributed by atoms with Crippen molar-refractivity contribution in [2.45, 2.75) is 33.6 Å². The lowest BCUT2D eigenvalue weighted by atomic mass is 10.3. The average Bonchev–Trinajstić information content (AvgIpc) is 2.91. The Kier molecular flexibility index (Phi) is 6.06. The maximum Gasteiger partial charge on any atom is 0.340 e. The second-order valence-corrected chi connectivity index (χ2v) is 5.52. The smallest absolute Gasteiger partial charge is 0.340 e. The molecule has 2 rings (SSSR count). The summed E-state index contributed by atoms with van der Waals surface area (Å²) in [5.74, 6) is -0.258. The van der Waals surface area contributed by atoms with E-state index in [1.807, 2.05) is 26.8 Å². The van der Waals surface area contributed by atoms with Gasteiger partial charge in [0.1, 0.15) is 0 Å². The summed E-state index contributed by atoms with van der Waals surface area (Å²) in [5.41, 5.74) is 2.15. The van der Waals surface area contributed by atoms with E-state index in [9.17, 15) is 9.59 Å². The normalized spacial score (nSPS) is 10.5. The Balaban J connectivity index is 1.92. The fourth-order valence-corrected chi connectivity index (χ4v) is 2.16.